The zero-order valence-electron chi connectivity index (χ0n) is 13.3. The van der Waals surface area contributed by atoms with Crippen LogP contribution in [0.3, 0.4) is 0 Å². The van der Waals surface area contributed by atoms with Gasteiger partial charge >= 0.3 is 0 Å². The number of amides is 1. The largest absolute Gasteiger partial charge is 0.355 e. The molecule has 4 bridgehead atoms. The molecule has 22 heavy (non-hydrogen) atoms. The first kappa shape index (κ1) is 16.6. The molecule has 0 atom stereocenters. The molecule has 4 rings (SSSR count). The topological polar surface area (TPSA) is 63.2 Å². The number of thioether (sulfide) groups is 1. The number of carbonyl (C=O) groups excluding carboxylic acids is 1. The highest BCUT2D eigenvalue weighted by atomic mass is 32.2. The van der Waals surface area contributed by atoms with Crippen LogP contribution in [0.1, 0.15) is 38.5 Å². The summed E-state index contributed by atoms with van der Waals surface area (Å²) in [6.07, 6.45) is 9.74. The Hall–Kier alpha value is -0.230. The van der Waals surface area contributed by atoms with Gasteiger partial charge in [-0.3, -0.25) is 4.79 Å². The molecule has 0 spiro atoms. The highest BCUT2D eigenvalue weighted by Gasteiger charge is 2.50. The van der Waals surface area contributed by atoms with Crippen molar-refractivity contribution in [3.8, 4) is 0 Å². The Bertz CT molecular complexity index is 494. The molecule has 0 aromatic heterocycles. The van der Waals surface area contributed by atoms with Crippen molar-refractivity contribution in [1.82, 2.24) is 5.32 Å². The van der Waals surface area contributed by atoms with Crippen LogP contribution in [-0.2, 0) is 14.6 Å². The van der Waals surface area contributed by atoms with E-state index in [1.807, 2.05) is 6.26 Å². The highest BCUT2D eigenvalue weighted by Crippen LogP contribution is 2.59. The molecule has 4 aliphatic rings. The van der Waals surface area contributed by atoms with E-state index in [-0.39, 0.29) is 22.8 Å². The number of carbonyl (C=O) groups is 1. The predicted octanol–water partition coefficient (Wildman–Crippen LogP) is 2.10. The van der Waals surface area contributed by atoms with Crippen molar-refractivity contribution in [2.24, 2.45) is 23.2 Å². The van der Waals surface area contributed by atoms with E-state index in [9.17, 15) is 13.2 Å². The van der Waals surface area contributed by atoms with Crippen LogP contribution in [-0.4, -0.2) is 44.4 Å². The number of hydrogen-bond donors (Lipinski definition) is 1. The van der Waals surface area contributed by atoms with E-state index in [2.05, 4.69) is 5.32 Å². The maximum absolute atomic E-state index is 12.0. The minimum Gasteiger partial charge on any atom is -0.355 e. The van der Waals surface area contributed by atoms with Crippen LogP contribution in [0.15, 0.2) is 0 Å². The third kappa shape index (κ3) is 3.81. The Labute approximate surface area is 138 Å². The standard InChI is InChI=1S/C16H27NO3S2/c1-21-2-3-22(19,20)10-15(18)17-11-16-7-12-4-13(8-16)6-14(5-12)9-16/h12-14H,2-11H2,1H3,(H,17,18). The van der Waals surface area contributed by atoms with Gasteiger partial charge in [-0.15, -0.1) is 0 Å². The fraction of sp³-hybridized carbons (Fsp3) is 0.938. The van der Waals surface area contributed by atoms with E-state index in [1.54, 1.807) is 0 Å². The van der Waals surface area contributed by atoms with E-state index in [4.69, 9.17) is 0 Å². The van der Waals surface area contributed by atoms with Crippen molar-refractivity contribution in [2.75, 3.05) is 30.1 Å². The van der Waals surface area contributed by atoms with Gasteiger partial charge < -0.3 is 5.32 Å². The van der Waals surface area contributed by atoms with Gasteiger partial charge in [0.05, 0.1) is 5.75 Å². The molecular weight excluding hydrogens is 318 g/mol. The number of rotatable bonds is 7. The second-order valence-electron chi connectivity index (χ2n) is 7.78. The summed E-state index contributed by atoms with van der Waals surface area (Å²) in [5.41, 5.74) is 0.271. The summed E-state index contributed by atoms with van der Waals surface area (Å²) in [6.45, 7) is 0.688. The van der Waals surface area contributed by atoms with Gasteiger partial charge in [0.1, 0.15) is 5.75 Å². The molecule has 0 heterocycles. The Balaban J connectivity index is 1.51. The smallest absolute Gasteiger partial charge is 0.235 e. The maximum Gasteiger partial charge on any atom is 0.235 e. The van der Waals surface area contributed by atoms with Crippen molar-refractivity contribution in [2.45, 2.75) is 38.5 Å². The Morgan fingerprint density at radius 1 is 1.14 bits per heavy atom. The lowest BCUT2D eigenvalue weighted by Gasteiger charge is -2.56. The molecule has 0 aliphatic heterocycles. The number of nitrogens with one attached hydrogen (secondary N) is 1. The van der Waals surface area contributed by atoms with Crippen LogP contribution in [0.4, 0.5) is 0 Å². The van der Waals surface area contributed by atoms with Gasteiger partial charge in [0.15, 0.2) is 9.84 Å². The fourth-order valence-electron chi connectivity index (χ4n) is 5.33. The Kier molecular flexibility index (Phi) is 4.79. The summed E-state index contributed by atoms with van der Waals surface area (Å²) in [5, 5.41) is 2.95. The third-order valence-electron chi connectivity index (χ3n) is 5.78. The van der Waals surface area contributed by atoms with E-state index < -0.39 is 9.84 Å². The molecule has 4 fully saturated rings. The highest BCUT2D eigenvalue weighted by molar-refractivity contribution is 8.00. The average molecular weight is 346 g/mol. The van der Waals surface area contributed by atoms with Crippen molar-refractivity contribution >= 4 is 27.5 Å². The summed E-state index contributed by atoms with van der Waals surface area (Å²) < 4.78 is 23.7. The lowest BCUT2D eigenvalue weighted by atomic mass is 9.49. The fourth-order valence-corrected chi connectivity index (χ4v) is 7.65. The molecule has 1 N–H and O–H groups in total. The monoisotopic (exact) mass is 345 g/mol. The molecular formula is C16H27NO3S2. The molecule has 4 saturated carbocycles. The molecule has 4 nitrogen and oxygen atoms in total. The molecule has 0 aromatic carbocycles. The van der Waals surface area contributed by atoms with E-state index in [0.717, 1.165) is 17.8 Å². The minimum atomic E-state index is -3.25. The lowest BCUT2D eigenvalue weighted by molar-refractivity contribution is -0.120. The SMILES string of the molecule is CSCCS(=O)(=O)CC(=O)NCC12CC3CC(CC(C3)C1)C2. The molecule has 0 saturated heterocycles. The van der Waals surface area contributed by atoms with Crippen LogP contribution in [0, 0.1) is 23.2 Å². The Morgan fingerprint density at radius 2 is 1.68 bits per heavy atom. The summed E-state index contributed by atoms with van der Waals surface area (Å²) in [7, 11) is -3.25. The molecule has 0 aromatic rings. The van der Waals surface area contributed by atoms with Gasteiger partial charge in [0.2, 0.25) is 5.91 Å². The second-order valence-corrected chi connectivity index (χ2v) is 10.9. The number of hydrogen-bond acceptors (Lipinski definition) is 4. The van der Waals surface area contributed by atoms with Crippen LogP contribution in [0.25, 0.3) is 0 Å². The average Bonchev–Trinajstić information content (AvgIpc) is 2.41. The first-order chi connectivity index (χ1) is 10.4. The normalized spacial score (nSPS) is 36.5. The summed E-state index contributed by atoms with van der Waals surface area (Å²) in [6, 6.07) is 0. The van der Waals surface area contributed by atoms with Crippen LogP contribution in [0.2, 0.25) is 0 Å². The van der Waals surface area contributed by atoms with Crippen molar-refractivity contribution in [1.29, 1.82) is 0 Å². The summed E-state index contributed by atoms with van der Waals surface area (Å²) in [5.74, 6) is 2.57. The van der Waals surface area contributed by atoms with Gasteiger partial charge in [-0.05, 0) is 67.9 Å². The van der Waals surface area contributed by atoms with Gasteiger partial charge in [-0.2, -0.15) is 11.8 Å². The van der Waals surface area contributed by atoms with Gasteiger partial charge in [0, 0.05) is 12.3 Å². The van der Waals surface area contributed by atoms with Gasteiger partial charge in [-0.25, -0.2) is 8.42 Å². The molecule has 0 radical (unpaired) electrons. The van der Waals surface area contributed by atoms with Crippen LogP contribution < -0.4 is 5.32 Å². The van der Waals surface area contributed by atoms with E-state index in [1.165, 1.54) is 50.3 Å². The maximum atomic E-state index is 12.0. The summed E-state index contributed by atoms with van der Waals surface area (Å²) >= 11 is 1.50. The summed E-state index contributed by atoms with van der Waals surface area (Å²) in [4.78, 5) is 12.0. The quantitative estimate of drug-likeness (QED) is 0.767. The molecule has 1 amide bonds. The van der Waals surface area contributed by atoms with Gasteiger partial charge in [-0.1, -0.05) is 0 Å². The number of sulfone groups is 1. The zero-order chi connectivity index (χ0) is 15.8. The van der Waals surface area contributed by atoms with Crippen molar-refractivity contribution in [3.05, 3.63) is 0 Å². The molecule has 4 aliphatic carbocycles. The lowest BCUT2D eigenvalue weighted by Crippen LogP contribution is -2.51. The first-order valence-corrected chi connectivity index (χ1v) is 11.6. The molecule has 126 valence electrons. The first-order valence-electron chi connectivity index (χ1n) is 8.36. The molecule has 0 unspecified atom stereocenters. The second kappa shape index (κ2) is 6.34. The third-order valence-corrected chi connectivity index (χ3v) is 8.17. The van der Waals surface area contributed by atoms with E-state index >= 15 is 0 Å². The van der Waals surface area contributed by atoms with Crippen LogP contribution >= 0.6 is 11.8 Å². The molecule has 6 heteroatoms. The Morgan fingerprint density at radius 3 is 2.18 bits per heavy atom. The minimum absolute atomic E-state index is 0.0962. The van der Waals surface area contributed by atoms with Crippen molar-refractivity contribution in [3.63, 3.8) is 0 Å². The predicted molar refractivity (Wildman–Crippen MR) is 90.7 cm³/mol. The van der Waals surface area contributed by atoms with E-state index in [0.29, 0.717) is 12.3 Å². The zero-order valence-corrected chi connectivity index (χ0v) is 15.0. The van der Waals surface area contributed by atoms with Crippen molar-refractivity contribution < 1.29 is 13.2 Å². The van der Waals surface area contributed by atoms with Gasteiger partial charge in [0.25, 0.3) is 0 Å². The van der Waals surface area contributed by atoms with Crippen LogP contribution in [0.5, 0.6) is 0 Å².